The van der Waals surface area contributed by atoms with Gasteiger partial charge in [0.05, 0.1) is 5.56 Å². The van der Waals surface area contributed by atoms with Gasteiger partial charge in [0.2, 0.25) is 5.89 Å². The zero-order valence-corrected chi connectivity index (χ0v) is 8.76. The average Bonchev–Trinajstić information content (AvgIpc) is 2.97. The molecule has 1 fully saturated rings. The molecule has 2 N–H and O–H groups in total. The molecule has 16 heavy (non-hydrogen) atoms. The van der Waals surface area contributed by atoms with E-state index in [1.54, 1.807) is 12.3 Å². The fraction of sp³-hybridized carbons (Fsp3) is 0.364. The van der Waals surface area contributed by atoms with Crippen LogP contribution in [0.3, 0.4) is 0 Å². The molecule has 0 radical (unpaired) electrons. The second-order valence-corrected chi connectivity index (χ2v) is 4.08. The minimum atomic E-state index is 0.420. The van der Waals surface area contributed by atoms with Gasteiger partial charge in [-0.2, -0.15) is 0 Å². The van der Waals surface area contributed by atoms with Gasteiger partial charge in [0.25, 0.3) is 5.89 Å². The van der Waals surface area contributed by atoms with Crippen molar-refractivity contribution >= 4 is 5.82 Å². The van der Waals surface area contributed by atoms with Crippen LogP contribution >= 0.6 is 0 Å². The van der Waals surface area contributed by atoms with Gasteiger partial charge in [-0.1, -0.05) is 0 Å². The highest BCUT2D eigenvalue weighted by Crippen LogP contribution is 2.33. The van der Waals surface area contributed by atoms with Crippen molar-refractivity contribution in [2.75, 3.05) is 5.73 Å². The van der Waals surface area contributed by atoms with Crippen LogP contribution in [-0.2, 0) is 6.42 Å². The summed E-state index contributed by atoms with van der Waals surface area (Å²) in [6, 6.07) is 3.63. The number of hydrogen-bond donors (Lipinski definition) is 1. The maximum absolute atomic E-state index is 5.74. The van der Waals surface area contributed by atoms with Gasteiger partial charge >= 0.3 is 0 Å². The first-order valence-corrected chi connectivity index (χ1v) is 5.36. The maximum atomic E-state index is 5.74. The molecular weight excluding hydrogens is 204 g/mol. The molecule has 0 spiro atoms. The SMILES string of the molecule is Nc1ncccc1-c1nnc(CC2CC2)o1. The first-order valence-electron chi connectivity index (χ1n) is 5.36. The van der Waals surface area contributed by atoms with Crippen molar-refractivity contribution in [2.45, 2.75) is 19.3 Å². The van der Waals surface area contributed by atoms with Crippen LogP contribution < -0.4 is 5.73 Å². The maximum Gasteiger partial charge on any atom is 0.251 e. The van der Waals surface area contributed by atoms with Crippen LogP contribution in [0.1, 0.15) is 18.7 Å². The topological polar surface area (TPSA) is 77.8 Å². The summed E-state index contributed by atoms with van der Waals surface area (Å²) in [4.78, 5) is 3.99. The van der Waals surface area contributed by atoms with Crippen LogP contribution in [0, 0.1) is 5.92 Å². The zero-order chi connectivity index (χ0) is 11.0. The third-order valence-electron chi connectivity index (χ3n) is 2.70. The molecule has 1 aliphatic rings. The highest BCUT2D eigenvalue weighted by molar-refractivity contribution is 5.66. The molecule has 2 aromatic rings. The Kier molecular flexibility index (Phi) is 2.09. The fourth-order valence-electron chi connectivity index (χ4n) is 1.61. The number of rotatable bonds is 3. The first-order chi connectivity index (χ1) is 7.83. The lowest BCUT2D eigenvalue weighted by molar-refractivity contribution is 0.492. The van der Waals surface area contributed by atoms with Gasteiger partial charge in [0, 0.05) is 12.6 Å². The summed E-state index contributed by atoms with van der Waals surface area (Å²) >= 11 is 0. The van der Waals surface area contributed by atoms with Crippen LogP contribution in [0.5, 0.6) is 0 Å². The van der Waals surface area contributed by atoms with Gasteiger partial charge in [0.15, 0.2) is 0 Å². The highest BCUT2D eigenvalue weighted by atomic mass is 16.4. The lowest BCUT2D eigenvalue weighted by Crippen LogP contribution is -1.92. The molecule has 2 heterocycles. The number of anilines is 1. The van der Waals surface area contributed by atoms with E-state index in [0.717, 1.165) is 12.3 Å². The number of nitrogens with zero attached hydrogens (tertiary/aromatic N) is 3. The van der Waals surface area contributed by atoms with E-state index in [1.807, 2.05) is 6.07 Å². The normalized spacial score (nSPS) is 15.2. The molecule has 0 unspecified atom stereocenters. The Balaban J connectivity index is 1.88. The largest absolute Gasteiger partial charge is 0.421 e. The van der Waals surface area contributed by atoms with Crippen LogP contribution in [0.4, 0.5) is 5.82 Å². The van der Waals surface area contributed by atoms with Gasteiger partial charge in [0.1, 0.15) is 5.82 Å². The molecule has 0 aliphatic heterocycles. The molecule has 0 amide bonds. The summed E-state index contributed by atoms with van der Waals surface area (Å²) in [5, 5.41) is 8.01. The van der Waals surface area contributed by atoms with Crippen molar-refractivity contribution in [3.8, 4) is 11.5 Å². The van der Waals surface area contributed by atoms with Crippen molar-refractivity contribution in [1.29, 1.82) is 0 Å². The molecular formula is C11H12N4O. The molecule has 0 atom stereocenters. The van der Waals surface area contributed by atoms with E-state index in [1.165, 1.54) is 12.8 Å². The molecule has 3 rings (SSSR count). The molecule has 82 valence electrons. The van der Waals surface area contributed by atoms with E-state index in [9.17, 15) is 0 Å². The van der Waals surface area contributed by atoms with E-state index >= 15 is 0 Å². The second kappa shape index (κ2) is 3.59. The summed E-state index contributed by atoms with van der Waals surface area (Å²) in [6.07, 6.45) is 5.06. The van der Waals surface area contributed by atoms with E-state index in [4.69, 9.17) is 10.2 Å². The van der Waals surface area contributed by atoms with Gasteiger partial charge in [-0.25, -0.2) is 4.98 Å². The minimum Gasteiger partial charge on any atom is -0.421 e. The van der Waals surface area contributed by atoms with Crippen molar-refractivity contribution in [3.63, 3.8) is 0 Å². The Bertz CT molecular complexity index is 504. The Hall–Kier alpha value is -1.91. The predicted octanol–water partition coefficient (Wildman–Crippen LogP) is 1.67. The van der Waals surface area contributed by atoms with Crippen LogP contribution in [0.2, 0.25) is 0 Å². The number of pyridine rings is 1. The minimum absolute atomic E-state index is 0.420. The first kappa shape index (κ1) is 9.33. The quantitative estimate of drug-likeness (QED) is 0.844. The molecule has 0 saturated heterocycles. The molecule has 2 aromatic heterocycles. The summed E-state index contributed by atoms with van der Waals surface area (Å²) in [7, 11) is 0. The lowest BCUT2D eigenvalue weighted by atomic mass is 10.2. The number of nitrogens with two attached hydrogens (primary N) is 1. The van der Waals surface area contributed by atoms with E-state index in [-0.39, 0.29) is 0 Å². The molecule has 5 nitrogen and oxygen atoms in total. The number of nitrogen functional groups attached to an aromatic ring is 1. The van der Waals surface area contributed by atoms with E-state index in [2.05, 4.69) is 15.2 Å². The number of aromatic nitrogens is 3. The Morgan fingerprint density at radius 2 is 2.25 bits per heavy atom. The van der Waals surface area contributed by atoms with Crippen molar-refractivity contribution in [2.24, 2.45) is 5.92 Å². The Morgan fingerprint density at radius 1 is 1.38 bits per heavy atom. The number of hydrogen-bond acceptors (Lipinski definition) is 5. The summed E-state index contributed by atoms with van der Waals surface area (Å²) in [6.45, 7) is 0. The Morgan fingerprint density at radius 3 is 3.00 bits per heavy atom. The van der Waals surface area contributed by atoms with Crippen LogP contribution in [0.25, 0.3) is 11.5 Å². The summed E-state index contributed by atoms with van der Waals surface area (Å²) in [5.74, 6) is 2.31. The van der Waals surface area contributed by atoms with Crippen LogP contribution in [0.15, 0.2) is 22.7 Å². The molecule has 0 aromatic carbocycles. The van der Waals surface area contributed by atoms with Gasteiger partial charge < -0.3 is 10.2 Å². The van der Waals surface area contributed by atoms with Crippen LogP contribution in [-0.4, -0.2) is 15.2 Å². The van der Waals surface area contributed by atoms with Crippen molar-refractivity contribution in [1.82, 2.24) is 15.2 Å². The third kappa shape index (κ3) is 1.76. The van der Waals surface area contributed by atoms with E-state index < -0.39 is 0 Å². The fourth-order valence-corrected chi connectivity index (χ4v) is 1.61. The molecule has 1 aliphatic carbocycles. The predicted molar refractivity (Wildman–Crippen MR) is 58.4 cm³/mol. The van der Waals surface area contributed by atoms with E-state index in [0.29, 0.717) is 23.2 Å². The molecule has 5 heteroatoms. The molecule has 1 saturated carbocycles. The van der Waals surface area contributed by atoms with Gasteiger partial charge in [-0.15, -0.1) is 10.2 Å². The monoisotopic (exact) mass is 216 g/mol. The lowest BCUT2D eigenvalue weighted by Gasteiger charge is -1.97. The standard InChI is InChI=1S/C11H12N4O/c12-10-8(2-1-5-13-10)11-15-14-9(16-11)6-7-3-4-7/h1-2,5,7H,3-4,6H2,(H2,12,13). The smallest absolute Gasteiger partial charge is 0.251 e. The van der Waals surface area contributed by atoms with Gasteiger partial charge in [-0.05, 0) is 30.9 Å². The third-order valence-corrected chi connectivity index (χ3v) is 2.70. The zero-order valence-electron chi connectivity index (χ0n) is 8.76. The van der Waals surface area contributed by atoms with Crippen molar-refractivity contribution in [3.05, 3.63) is 24.2 Å². The second-order valence-electron chi connectivity index (χ2n) is 4.08. The molecule has 0 bridgehead atoms. The average molecular weight is 216 g/mol. The summed E-state index contributed by atoms with van der Waals surface area (Å²) < 4.78 is 5.56. The van der Waals surface area contributed by atoms with Crippen molar-refractivity contribution < 1.29 is 4.42 Å². The Labute approximate surface area is 92.7 Å². The summed E-state index contributed by atoms with van der Waals surface area (Å²) in [5.41, 5.74) is 6.44. The van der Waals surface area contributed by atoms with Gasteiger partial charge in [-0.3, -0.25) is 0 Å². The highest BCUT2D eigenvalue weighted by Gasteiger charge is 2.24.